The number of rotatable bonds is 6. The Labute approximate surface area is 174 Å². The van der Waals surface area contributed by atoms with Gasteiger partial charge in [-0.25, -0.2) is 13.4 Å². The van der Waals surface area contributed by atoms with Gasteiger partial charge in [0, 0.05) is 45.0 Å². The van der Waals surface area contributed by atoms with Gasteiger partial charge in [0.15, 0.2) is 0 Å². The second-order valence-electron chi connectivity index (χ2n) is 8.02. The number of piperidine rings is 2. The molecule has 7 heteroatoms. The predicted molar refractivity (Wildman–Crippen MR) is 115 cm³/mol. The van der Waals surface area contributed by atoms with E-state index < -0.39 is 10.0 Å². The lowest BCUT2D eigenvalue weighted by Crippen LogP contribution is -2.38. The van der Waals surface area contributed by atoms with Crippen LogP contribution < -0.4 is 5.32 Å². The second kappa shape index (κ2) is 9.24. The summed E-state index contributed by atoms with van der Waals surface area (Å²) in [6.45, 7) is 4.32. The molecule has 4 rings (SSSR count). The molecule has 2 saturated heterocycles. The topological polar surface area (TPSA) is 65.5 Å². The van der Waals surface area contributed by atoms with Gasteiger partial charge in [0.2, 0.25) is 10.0 Å². The van der Waals surface area contributed by atoms with Gasteiger partial charge in [0.1, 0.15) is 10.7 Å². The first-order valence-corrected chi connectivity index (χ1v) is 12.0. The van der Waals surface area contributed by atoms with Gasteiger partial charge < -0.3 is 5.32 Å². The smallest absolute Gasteiger partial charge is 0.244 e. The molecule has 2 aliphatic rings. The summed E-state index contributed by atoms with van der Waals surface area (Å²) in [5, 5.41) is 3.48. The standard InChI is InChI=1S/C22H30N4O2S/c27-29(28,26-13-5-2-6-14-26)21-9-10-22(23-17-21)24-20-11-15-25(16-12-20)18-19-7-3-1-4-8-19/h1,3-4,7-10,17,20H,2,5-6,11-16,18H2,(H,23,24). The Morgan fingerprint density at radius 3 is 2.31 bits per heavy atom. The van der Waals surface area contributed by atoms with Gasteiger partial charge in [-0.05, 0) is 43.4 Å². The molecule has 3 heterocycles. The first-order valence-electron chi connectivity index (χ1n) is 10.6. The maximum absolute atomic E-state index is 12.7. The van der Waals surface area contributed by atoms with Crippen LogP contribution in [0.25, 0.3) is 0 Å². The highest BCUT2D eigenvalue weighted by molar-refractivity contribution is 7.89. The molecular formula is C22H30N4O2S. The summed E-state index contributed by atoms with van der Waals surface area (Å²) < 4.78 is 27.1. The Bertz CT molecular complexity index is 873. The number of aromatic nitrogens is 1. The van der Waals surface area contributed by atoms with Gasteiger partial charge in [-0.3, -0.25) is 4.90 Å². The molecule has 0 aliphatic carbocycles. The van der Waals surface area contributed by atoms with Crippen LogP contribution in [0.3, 0.4) is 0 Å². The summed E-state index contributed by atoms with van der Waals surface area (Å²) in [7, 11) is -3.41. The van der Waals surface area contributed by atoms with Gasteiger partial charge in [-0.1, -0.05) is 36.8 Å². The molecule has 156 valence electrons. The van der Waals surface area contributed by atoms with Crippen molar-refractivity contribution in [2.75, 3.05) is 31.5 Å². The van der Waals surface area contributed by atoms with Gasteiger partial charge in [-0.2, -0.15) is 4.31 Å². The summed E-state index contributed by atoms with van der Waals surface area (Å²) in [6, 6.07) is 14.4. The fourth-order valence-corrected chi connectivity index (χ4v) is 5.62. The molecule has 0 spiro atoms. The van der Waals surface area contributed by atoms with E-state index in [0.29, 0.717) is 24.0 Å². The lowest BCUT2D eigenvalue weighted by molar-refractivity contribution is 0.211. The number of sulfonamides is 1. The van der Waals surface area contributed by atoms with Crippen molar-refractivity contribution in [3.8, 4) is 0 Å². The number of benzene rings is 1. The van der Waals surface area contributed by atoms with E-state index in [1.165, 1.54) is 11.8 Å². The number of likely N-dealkylation sites (tertiary alicyclic amines) is 1. The van der Waals surface area contributed by atoms with Gasteiger partial charge >= 0.3 is 0 Å². The Balaban J connectivity index is 1.29. The maximum atomic E-state index is 12.7. The van der Waals surface area contributed by atoms with Crippen LogP contribution in [-0.4, -0.2) is 54.8 Å². The zero-order valence-electron chi connectivity index (χ0n) is 16.8. The molecule has 1 aromatic heterocycles. The van der Waals surface area contributed by atoms with Crippen molar-refractivity contribution in [3.05, 3.63) is 54.2 Å². The SMILES string of the molecule is O=S(=O)(c1ccc(NC2CCN(Cc3ccccc3)CC2)nc1)N1CCCCC1. The van der Waals surface area contributed by atoms with Crippen molar-refractivity contribution in [1.82, 2.24) is 14.2 Å². The average molecular weight is 415 g/mol. The van der Waals surface area contributed by atoms with Crippen LogP contribution >= 0.6 is 0 Å². The molecule has 0 radical (unpaired) electrons. The van der Waals surface area contributed by atoms with Crippen LogP contribution in [-0.2, 0) is 16.6 Å². The normalized spacial score (nSPS) is 19.9. The number of nitrogens with one attached hydrogen (secondary N) is 1. The van der Waals surface area contributed by atoms with Crippen LogP contribution in [0.15, 0.2) is 53.6 Å². The molecule has 29 heavy (non-hydrogen) atoms. The van der Waals surface area contributed by atoms with Crippen LogP contribution in [0.1, 0.15) is 37.7 Å². The fraction of sp³-hybridized carbons (Fsp3) is 0.500. The van der Waals surface area contributed by atoms with E-state index in [4.69, 9.17) is 0 Å². The summed E-state index contributed by atoms with van der Waals surface area (Å²) in [5.74, 6) is 0.754. The van der Waals surface area contributed by atoms with Crippen molar-refractivity contribution in [2.45, 2.75) is 49.6 Å². The average Bonchev–Trinajstić information content (AvgIpc) is 2.77. The Kier molecular flexibility index (Phi) is 6.47. The molecule has 0 amide bonds. The monoisotopic (exact) mass is 414 g/mol. The third-order valence-corrected chi connectivity index (χ3v) is 7.76. The first kappa shape index (κ1) is 20.3. The highest BCUT2D eigenvalue weighted by Crippen LogP contribution is 2.22. The molecule has 2 aliphatic heterocycles. The lowest BCUT2D eigenvalue weighted by Gasteiger charge is -2.32. The van der Waals surface area contributed by atoms with Crippen molar-refractivity contribution >= 4 is 15.8 Å². The molecular weight excluding hydrogens is 384 g/mol. The number of pyridine rings is 1. The Hall–Kier alpha value is -1.96. The zero-order chi connectivity index (χ0) is 20.1. The summed E-state index contributed by atoms with van der Waals surface area (Å²) >= 11 is 0. The lowest BCUT2D eigenvalue weighted by atomic mass is 10.0. The minimum atomic E-state index is -3.41. The van der Waals surface area contributed by atoms with E-state index in [1.54, 1.807) is 16.4 Å². The third-order valence-electron chi connectivity index (χ3n) is 5.88. The van der Waals surface area contributed by atoms with Crippen LogP contribution in [0.5, 0.6) is 0 Å². The molecule has 0 bridgehead atoms. The van der Waals surface area contributed by atoms with Gasteiger partial charge in [-0.15, -0.1) is 0 Å². The van der Waals surface area contributed by atoms with E-state index in [2.05, 4.69) is 45.5 Å². The number of hydrogen-bond donors (Lipinski definition) is 1. The summed E-state index contributed by atoms with van der Waals surface area (Å²) in [6.07, 6.45) is 6.60. The van der Waals surface area contributed by atoms with Crippen molar-refractivity contribution in [1.29, 1.82) is 0 Å². The minimum Gasteiger partial charge on any atom is -0.367 e. The third kappa shape index (κ3) is 5.15. The molecule has 1 aromatic carbocycles. The number of nitrogens with zero attached hydrogens (tertiary/aromatic N) is 3. The first-order chi connectivity index (χ1) is 14.1. The maximum Gasteiger partial charge on any atom is 0.244 e. The molecule has 2 aromatic rings. The van der Waals surface area contributed by atoms with E-state index in [1.807, 2.05) is 0 Å². The van der Waals surface area contributed by atoms with E-state index in [9.17, 15) is 8.42 Å². The van der Waals surface area contributed by atoms with Crippen molar-refractivity contribution in [2.24, 2.45) is 0 Å². The zero-order valence-corrected chi connectivity index (χ0v) is 17.7. The van der Waals surface area contributed by atoms with Crippen LogP contribution in [0.2, 0.25) is 0 Å². The molecule has 2 fully saturated rings. The predicted octanol–water partition coefficient (Wildman–Crippen LogP) is 3.33. The Morgan fingerprint density at radius 2 is 1.66 bits per heavy atom. The van der Waals surface area contributed by atoms with Gasteiger partial charge in [0.05, 0.1) is 0 Å². The highest BCUT2D eigenvalue weighted by Gasteiger charge is 2.26. The van der Waals surface area contributed by atoms with Crippen molar-refractivity contribution in [3.63, 3.8) is 0 Å². The van der Waals surface area contributed by atoms with Gasteiger partial charge in [0.25, 0.3) is 0 Å². The van der Waals surface area contributed by atoms with Crippen LogP contribution in [0, 0.1) is 0 Å². The number of anilines is 1. The molecule has 0 saturated carbocycles. The van der Waals surface area contributed by atoms with Crippen LogP contribution in [0.4, 0.5) is 5.82 Å². The summed E-state index contributed by atoms with van der Waals surface area (Å²) in [4.78, 5) is 7.17. The van der Waals surface area contributed by atoms with E-state index >= 15 is 0 Å². The fourth-order valence-electron chi connectivity index (χ4n) is 4.16. The highest BCUT2D eigenvalue weighted by atomic mass is 32.2. The minimum absolute atomic E-state index is 0.294. The molecule has 1 N–H and O–H groups in total. The largest absolute Gasteiger partial charge is 0.367 e. The quantitative estimate of drug-likeness (QED) is 0.785. The molecule has 6 nitrogen and oxygen atoms in total. The number of hydrogen-bond acceptors (Lipinski definition) is 5. The molecule has 0 unspecified atom stereocenters. The van der Waals surface area contributed by atoms with E-state index in [0.717, 1.165) is 57.6 Å². The molecule has 0 atom stereocenters. The van der Waals surface area contributed by atoms with E-state index in [-0.39, 0.29) is 0 Å². The second-order valence-corrected chi connectivity index (χ2v) is 9.96. The summed E-state index contributed by atoms with van der Waals surface area (Å²) in [5.41, 5.74) is 1.35. The van der Waals surface area contributed by atoms with Crippen molar-refractivity contribution < 1.29 is 8.42 Å². The Morgan fingerprint density at radius 1 is 0.931 bits per heavy atom.